The first-order valence-electron chi connectivity index (χ1n) is 21.0. The molecule has 0 saturated heterocycles. The molecule has 0 N–H and O–H groups in total. The van der Waals surface area contributed by atoms with Gasteiger partial charge in [0.15, 0.2) is 0 Å². The Hall–Kier alpha value is -6.72. The van der Waals surface area contributed by atoms with Crippen LogP contribution in [0.2, 0.25) is 0 Å². The lowest BCUT2D eigenvalue weighted by molar-refractivity contribution is 0.309. The van der Waals surface area contributed by atoms with Crippen molar-refractivity contribution in [3.8, 4) is 22.9 Å². The smallest absolute Gasteiger partial charge is 0.120 e. The van der Waals surface area contributed by atoms with Gasteiger partial charge in [-0.15, -0.1) is 0 Å². The average molecular weight is 774 g/mol. The molecule has 0 unspecified atom stereocenters. The number of anilines is 3. The van der Waals surface area contributed by atoms with Gasteiger partial charge in [-0.2, -0.15) is 0 Å². The van der Waals surface area contributed by atoms with E-state index in [1.54, 1.807) is 0 Å². The first-order valence-corrected chi connectivity index (χ1v) is 21.0. The zero-order chi connectivity index (χ0) is 40.5. The summed E-state index contributed by atoms with van der Waals surface area (Å²) in [7, 11) is 0. The largest absolute Gasteiger partial charge is 0.494 e. The van der Waals surface area contributed by atoms with Crippen molar-refractivity contribution in [3.05, 3.63) is 169 Å². The van der Waals surface area contributed by atoms with Crippen LogP contribution < -0.4 is 14.4 Å². The monoisotopic (exact) mass is 773 g/mol. The highest BCUT2D eigenvalue weighted by Gasteiger charge is 2.18. The fraction of sp³-hybridized carbons (Fsp3) is 0.185. The fourth-order valence-electron chi connectivity index (χ4n) is 8.35. The minimum Gasteiger partial charge on any atom is -0.494 e. The topological polar surface area (TPSA) is 31.6 Å². The first kappa shape index (κ1) is 37.8. The summed E-state index contributed by atoms with van der Waals surface area (Å²) in [5, 5.41) is 4.86. The van der Waals surface area contributed by atoms with Crippen molar-refractivity contribution in [2.75, 3.05) is 18.1 Å². The van der Waals surface area contributed by atoms with Crippen molar-refractivity contribution in [3.63, 3.8) is 0 Å². The normalized spacial score (nSPS) is 11.5. The minimum atomic E-state index is 0.711. The summed E-state index contributed by atoms with van der Waals surface area (Å²) in [6, 6.07) is 52.9. The van der Waals surface area contributed by atoms with E-state index >= 15 is 0 Å². The van der Waals surface area contributed by atoms with Crippen LogP contribution in [-0.2, 0) is 0 Å². The Morgan fingerprint density at radius 1 is 0.475 bits per heavy atom. The summed E-state index contributed by atoms with van der Waals surface area (Å²) in [6.07, 6.45) is 6.14. The van der Waals surface area contributed by atoms with Crippen molar-refractivity contribution in [2.45, 2.75) is 53.4 Å². The molecule has 7 aromatic carbocycles. The van der Waals surface area contributed by atoms with Gasteiger partial charge in [0.2, 0.25) is 0 Å². The maximum Gasteiger partial charge on any atom is 0.120 e. The summed E-state index contributed by atoms with van der Waals surface area (Å²) in [5.74, 6) is 1.79. The van der Waals surface area contributed by atoms with Crippen LogP contribution in [0.15, 0.2) is 152 Å². The molecule has 0 aliphatic carbocycles. The van der Waals surface area contributed by atoms with Gasteiger partial charge in [-0.25, -0.2) is 0 Å². The number of hydrogen-bond donors (Lipinski definition) is 0. The Morgan fingerprint density at radius 2 is 0.847 bits per heavy atom. The summed E-state index contributed by atoms with van der Waals surface area (Å²) in [4.78, 5) is 2.32. The van der Waals surface area contributed by atoms with E-state index in [9.17, 15) is 0 Å². The third kappa shape index (κ3) is 7.23. The molecule has 0 bridgehead atoms. The summed E-state index contributed by atoms with van der Waals surface area (Å²) in [5.41, 5.74) is 13.7. The molecule has 0 radical (unpaired) electrons. The number of ether oxygens (including phenoxy) is 2. The van der Waals surface area contributed by atoms with Gasteiger partial charge in [-0.3, -0.25) is 0 Å². The van der Waals surface area contributed by atoms with Gasteiger partial charge >= 0.3 is 0 Å². The number of benzene rings is 7. The van der Waals surface area contributed by atoms with Crippen LogP contribution in [0.3, 0.4) is 0 Å². The van der Waals surface area contributed by atoms with E-state index in [0.717, 1.165) is 93.0 Å². The average Bonchev–Trinajstić information content (AvgIpc) is 3.76. The lowest BCUT2D eigenvalue weighted by Crippen LogP contribution is -2.10. The Morgan fingerprint density at radius 3 is 1.24 bits per heavy atom. The summed E-state index contributed by atoms with van der Waals surface area (Å²) >= 11 is 0. The zero-order valence-corrected chi connectivity index (χ0v) is 34.5. The molecule has 59 heavy (non-hydrogen) atoms. The highest BCUT2D eigenvalue weighted by atomic mass is 16.5. The van der Waals surface area contributed by atoms with E-state index in [-0.39, 0.29) is 0 Å². The van der Waals surface area contributed by atoms with Crippen molar-refractivity contribution in [1.82, 2.24) is 9.13 Å². The number of aromatic nitrogens is 2. The molecule has 9 aromatic rings. The number of unbranched alkanes of at least 4 members (excludes halogenated alkanes) is 2. The predicted molar refractivity (Wildman–Crippen MR) is 250 cm³/mol. The van der Waals surface area contributed by atoms with Crippen LogP contribution in [0, 0.1) is 13.8 Å². The molecule has 0 saturated carbocycles. The Labute approximate surface area is 347 Å². The highest BCUT2D eigenvalue weighted by Crippen LogP contribution is 2.40. The maximum absolute atomic E-state index is 6.19. The number of aryl methyl sites for hydroxylation is 2. The molecule has 0 fully saturated rings. The van der Waals surface area contributed by atoms with E-state index in [1.165, 1.54) is 32.9 Å². The second kappa shape index (κ2) is 16.3. The molecule has 0 aliphatic heterocycles. The van der Waals surface area contributed by atoms with Crippen molar-refractivity contribution in [2.24, 2.45) is 0 Å². The van der Waals surface area contributed by atoms with Crippen molar-refractivity contribution >= 4 is 66.7 Å². The molecule has 5 nitrogen and oxygen atoms in total. The first-order chi connectivity index (χ1) is 28.9. The Kier molecular flexibility index (Phi) is 10.4. The van der Waals surface area contributed by atoms with Gasteiger partial charge in [0.05, 0.1) is 35.3 Å². The van der Waals surface area contributed by atoms with E-state index < -0.39 is 0 Å². The molecule has 5 heteroatoms. The standard InChI is InChI=1S/C54H51N3O2/c1-6-9-31-58-45-25-29-53-49(35-45)50-36-46(59-32-10-7-2)26-30-54(50)57(53)44-23-19-42(20-24-44)55(40-15-13-39(8-3)14-16-40)41-17-21-43(22-18-41)56-51-27-11-37(4)33-47(51)48-34-38(5)12-28-52(48)56/h8,11-30,33-36H,3,6-7,9-10,31-32H2,1-2,4-5H3. The molecule has 2 heterocycles. The van der Waals surface area contributed by atoms with Crippen LogP contribution >= 0.6 is 0 Å². The second-order valence-electron chi connectivity index (χ2n) is 15.6. The van der Waals surface area contributed by atoms with Crippen LogP contribution in [0.5, 0.6) is 11.5 Å². The molecular weight excluding hydrogens is 723 g/mol. The lowest BCUT2D eigenvalue weighted by atomic mass is 10.1. The van der Waals surface area contributed by atoms with Crippen LogP contribution in [0.4, 0.5) is 17.1 Å². The van der Waals surface area contributed by atoms with Crippen LogP contribution in [-0.4, -0.2) is 22.3 Å². The van der Waals surface area contributed by atoms with Crippen molar-refractivity contribution < 1.29 is 9.47 Å². The van der Waals surface area contributed by atoms with E-state index in [4.69, 9.17) is 9.47 Å². The third-order valence-corrected chi connectivity index (χ3v) is 11.4. The van der Waals surface area contributed by atoms with Gasteiger partial charge in [0.1, 0.15) is 11.5 Å². The summed E-state index contributed by atoms with van der Waals surface area (Å²) in [6.45, 7) is 14.1. The fourth-order valence-corrected chi connectivity index (χ4v) is 8.35. The number of rotatable bonds is 14. The van der Waals surface area contributed by atoms with Gasteiger partial charge in [-0.05, 0) is 154 Å². The molecular formula is C54H51N3O2. The van der Waals surface area contributed by atoms with Gasteiger partial charge in [0.25, 0.3) is 0 Å². The number of fused-ring (bicyclic) bond motifs is 6. The highest BCUT2D eigenvalue weighted by molar-refractivity contribution is 6.11. The minimum absolute atomic E-state index is 0.711. The second-order valence-corrected chi connectivity index (χ2v) is 15.6. The SMILES string of the molecule is C=Cc1ccc(N(c2ccc(-n3c4ccc(C)cc4c4cc(C)ccc43)cc2)c2ccc(-n3c4ccc(OCCCC)cc4c4cc(OCCCC)ccc43)cc2)cc1. The Balaban J connectivity index is 1.12. The molecule has 294 valence electrons. The molecule has 0 aliphatic rings. The van der Waals surface area contributed by atoms with Gasteiger partial charge in [0, 0.05) is 50.0 Å². The van der Waals surface area contributed by atoms with Crippen molar-refractivity contribution in [1.29, 1.82) is 0 Å². The van der Waals surface area contributed by atoms with Gasteiger partial charge < -0.3 is 23.5 Å². The molecule has 9 rings (SSSR count). The molecule has 0 spiro atoms. The van der Waals surface area contributed by atoms with E-state index in [2.05, 4.69) is 194 Å². The molecule has 0 atom stereocenters. The van der Waals surface area contributed by atoms with E-state index in [1.807, 2.05) is 6.08 Å². The maximum atomic E-state index is 6.19. The van der Waals surface area contributed by atoms with Crippen LogP contribution in [0.1, 0.15) is 56.2 Å². The quantitative estimate of drug-likeness (QED) is 0.103. The van der Waals surface area contributed by atoms with E-state index in [0.29, 0.717) is 13.2 Å². The zero-order valence-electron chi connectivity index (χ0n) is 34.5. The molecule has 0 amide bonds. The number of hydrogen-bond acceptors (Lipinski definition) is 3. The van der Waals surface area contributed by atoms with Crippen LogP contribution in [0.25, 0.3) is 61.1 Å². The van der Waals surface area contributed by atoms with Gasteiger partial charge in [-0.1, -0.05) is 74.7 Å². The predicted octanol–water partition coefficient (Wildman–Crippen LogP) is 15.0. The Bertz CT molecular complexity index is 2810. The molecule has 2 aromatic heterocycles. The third-order valence-electron chi connectivity index (χ3n) is 11.4. The number of nitrogens with zero attached hydrogens (tertiary/aromatic N) is 3. The lowest BCUT2D eigenvalue weighted by Gasteiger charge is -2.26. The summed E-state index contributed by atoms with van der Waals surface area (Å²) < 4.78 is 17.1.